The molecule has 5 nitrogen and oxygen atoms in total. The second-order valence-electron chi connectivity index (χ2n) is 9.77. The fourth-order valence-electron chi connectivity index (χ4n) is 5.40. The summed E-state index contributed by atoms with van der Waals surface area (Å²) in [7, 11) is 0. The molecule has 1 heterocycles. The lowest BCUT2D eigenvalue weighted by molar-refractivity contribution is 0.467. The number of hydrogen-bond donors (Lipinski definition) is 1. The highest BCUT2D eigenvalue weighted by atomic mass is 16.3. The van der Waals surface area contributed by atoms with Crippen molar-refractivity contribution >= 4 is 11.4 Å². The summed E-state index contributed by atoms with van der Waals surface area (Å²) in [4.78, 5) is 9.99. The molecular formula is C33H42N4O. The van der Waals surface area contributed by atoms with Gasteiger partial charge in [-0.15, -0.1) is 0 Å². The van der Waals surface area contributed by atoms with Crippen molar-refractivity contribution < 1.29 is 5.11 Å². The van der Waals surface area contributed by atoms with Crippen molar-refractivity contribution in [3.8, 4) is 39.7 Å². The third kappa shape index (κ3) is 5.15. The predicted molar refractivity (Wildman–Crippen MR) is 162 cm³/mol. The summed E-state index contributed by atoms with van der Waals surface area (Å²) in [5.41, 5.74) is 9.55. The van der Waals surface area contributed by atoms with Gasteiger partial charge in [-0.05, 0) is 96.0 Å². The Kier molecular flexibility index (Phi) is 8.45. The van der Waals surface area contributed by atoms with Gasteiger partial charge in [-0.3, -0.25) is 0 Å². The molecule has 200 valence electrons. The minimum atomic E-state index is 0.350. The smallest absolute Gasteiger partial charge is 0.141 e. The number of aryl methyl sites for hydroxylation is 2. The van der Waals surface area contributed by atoms with Gasteiger partial charge in [0.2, 0.25) is 0 Å². The van der Waals surface area contributed by atoms with Gasteiger partial charge in [0, 0.05) is 60.8 Å². The van der Waals surface area contributed by atoms with E-state index in [4.69, 9.17) is 4.98 Å². The molecule has 4 aromatic rings. The topological polar surface area (TPSA) is 44.5 Å². The lowest BCUT2D eigenvalue weighted by Gasteiger charge is -2.21. The summed E-state index contributed by atoms with van der Waals surface area (Å²) in [6, 6.07) is 21.8. The van der Waals surface area contributed by atoms with Gasteiger partial charge in [0.15, 0.2) is 0 Å². The van der Waals surface area contributed by atoms with Gasteiger partial charge in [0.25, 0.3) is 0 Å². The number of phenols is 1. The van der Waals surface area contributed by atoms with Crippen LogP contribution in [0.4, 0.5) is 11.4 Å². The number of anilines is 2. The first-order valence-corrected chi connectivity index (χ1v) is 14.0. The Balaban J connectivity index is 1.92. The molecule has 1 N–H and O–H groups in total. The van der Waals surface area contributed by atoms with E-state index in [9.17, 15) is 5.11 Å². The third-order valence-electron chi connectivity index (χ3n) is 7.57. The molecule has 0 aliphatic carbocycles. The maximum atomic E-state index is 10.4. The summed E-state index contributed by atoms with van der Waals surface area (Å²) in [5, 5.41) is 10.4. The SMILES string of the molecule is CCN(CC)c1ccc(-c2nc(-c3cc(C)c(O)c(C)c3)n(CC)c2-c2ccc(N(CC)CC)cc2)cc1. The molecular weight excluding hydrogens is 468 g/mol. The molecule has 0 amide bonds. The molecule has 0 saturated carbocycles. The van der Waals surface area contributed by atoms with Crippen LogP contribution in [0.25, 0.3) is 33.9 Å². The zero-order valence-corrected chi connectivity index (χ0v) is 24.0. The molecule has 3 aromatic carbocycles. The number of benzene rings is 3. The molecule has 0 saturated heterocycles. The van der Waals surface area contributed by atoms with Crippen molar-refractivity contribution in [3.05, 3.63) is 71.8 Å². The lowest BCUT2D eigenvalue weighted by atomic mass is 10.0. The Hall–Kier alpha value is -3.73. The quantitative estimate of drug-likeness (QED) is 0.235. The Bertz CT molecular complexity index is 1340. The van der Waals surface area contributed by atoms with Crippen molar-refractivity contribution in [2.75, 3.05) is 36.0 Å². The van der Waals surface area contributed by atoms with E-state index in [1.165, 1.54) is 11.4 Å². The number of aromatic nitrogens is 2. The van der Waals surface area contributed by atoms with Gasteiger partial charge in [-0.1, -0.05) is 24.3 Å². The Labute approximate surface area is 228 Å². The van der Waals surface area contributed by atoms with Gasteiger partial charge in [0.1, 0.15) is 11.6 Å². The second kappa shape index (κ2) is 11.8. The molecule has 1 aromatic heterocycles. The van der Waals surface area contributed by atoms with Crippen LogP contribution in [0.3, 0.4) is 0 Å². The largest absolute Gasteiger partial charge is 0.507 e. The first kappa shape index (κ1) is 27.3. The number of rotatable bonds is 10. The van der Waals surface area contributed by atoms with Crippen LogP contribution in [0.1, 0.15) is 45.7 Å². The Morgan fingerprint density at radius 3 is 1.53 bits per heavy atom. The van der Waals surface area contributed by atoms with Crippen molar-refractivity contribution in [3.63, 3.8) is 0 Å². The van der Waals surface area contributed by atoms with E-state index in [1.54, 1.807) is 0 Å². The van der Waals surface area contributed by atoms with Crippen LogP contribution >= 0.6 is 0 Å². The zero-order valence-electron chi connectivity index (χ0n) is 24.0. The number of hydrogen-bond acceptors (Lipinski definition) is 4. The first-order valence-electron chi connectivity index (χ1n) is 14.0. The summed E-state index contributed by atoms with van der Waals surface area (Å²) in [6.07, 6.45) is 0. The molecule has 0 bridgehead atoms. The Morgan fingerprint density at radius 1 is 0.658 bits per heavy atom. The van der Waals surface area contributed by atoms with Crippen molar-refractivity contribution in [1.29, 1.82) is 0 Å². The van der Waals surface area contributed by atoms with Gasteiger partial charge < -0.3 is 19.5 Å². The van der Waals surface area contributed by atoms with E-state index < -0.39 is 0 Å². The third-order valence-corrected chi connectivity index (χ3v) is 7.57. The zero-order chi connectivity index (χ0) is 27.4. The summed E-state index contributed by atoms with van der Waals surface area (Å²) < 4.78 is 2.31. The van der Waals surface area contributed by atoms with Crippen molar-refractivity contribution in [2.24, 2.45) is 0 Å². The van der Waals surface area contributed by atoms with Gasteiger partial charge in [-0.25, -0.2) is 4.98 Å². The molecule has 5 heteroatoms. The second-order valence-corrected chi connectivity index (χ2v) is 9.77. The van der Waals surface area contributed by atoms with E-state index in [2.05, 4.69) is 97.5 Å². The normalized spacial score (nSPS) is 11.1. The molecule has 0 atom stereocenters. The molecule has 4 rings (SSSR count). The van der Waals surface area contributed by atoms with Crippen molar-refractivity contribution in [2.45, 2.75) is 55.0 Å². The van der Waals surface area contributed by atoms with Crippen LogP contribution in [-0.2, 0) is 6.54 Å². The maximum Gasteiger partial charge on any atom is 0.141 e. The van der Waals surface area contributed by atoms with Gasteiger partial charge in [-0.2, -0.15) is 0 Å². The minimum Gasteiger partial charge on any atom is -0.507 e. The number of nitrogens with zero attached hydrogens (tertiary/aromatic N) is 4. The van der Waals surface area contributed by atoms with Crippen LogP contribution in [0.15, 0.2) is 60.7 Å². The lowest BCUT2D eigenvalue weighted by Crippen LogP contribution is -2.21. The molecule has 38 heavy (non-hydrogen) atoms. The van der Waals surface area contributed by atoms with Crippen LogP contribution in [-0.4, -0.2) is 40.8 Å². The average molecular weight is 511 g/mol. The van der Waals surface area contributed by atoms with E-state index in [-0.39, 0.29) is 0 Å². The summed E-state index contributed by atoms with van der Waals surface area (Å²) >= 11 is 0. The van der Waals surface area contributed by atoms with Crippen molar-refractivity contribution in [1.82, 2.24) is 9.55 Å². The van der Waals surface area contributed by atoms with Crippen LogP contribution in [0, 0.1) is 13.8 Å². The Morgan fingerprint density at radius 2 is 1.11 bits per heavy atom. The first-order chi connectivity index (χ1) is 18.4. The summed E-state index contributed by atoms with van der Waals surface area (Å²) in [5.74, 6) is 1.27. The van der Waals surface area contributed by atoms with E-state index >= 15 is 0 Å². The fraction of sp³-hybridized carbons (Fsp3) is 0.364. The van der Waals surface area contributed by atoms with E-state index in [0.717, 1.165) is 77.8 Å². The monoisotopic (exact) mass is 510 g/mol. The molecule has 0 fully saturated rings. The maximum absolute atomic E-state index is 10.4. The molecule has 0 unspecified atom stereocenters. The van der Waals surface area contributed by atoms with Crippen LogP contribution in [0.2, 0.25) is 0 Å². The number of aromatic hydroxyl groups is 1. The van der Waals surface area contributed by atoms with Gasteiger partial charge in [0.05, 0.1) is 11.4 Å². The van der Waals surface area contributed by atoms with Crippen LogP contribution < -0.4 is 9.80 Å². The molecule has 0 radical (unpaired) electrons. The highest BCUT2D eigenvalue weighted by Gasteiger charge is 2.22. The molecule has 0 aliphatic rings. The number of phenolic OH excluding ortho intramolecular Hbond substituents is 1. The highest BCUT2D eigenvalue weighted by molar-refractivity contribution is 5.83. The van der Waals surface area contributed by atoms with Gasteiger partial charge >= 0.3 is 0 Å². The number of imidazole rings is 1. The highest BCUT2D eigenvalue weighted by Crippen LogP contribution is 2.39. The summed E-state index contributed by atoms with van der Waals surface area (Å²) in [6.45, 7) is 19.5. The van der Waals surface area contributed by atoms with E-state index in [1.807, 2.05) is 26.0 Å². The molecule has 0 spiro atoms. The fourth-order valence-corrected chi connectivity index (χ4v) is 5.40. The average Bonchev–Trinajstić information content (AvgIpc) is 3.33. The van der Waals surface area contributed by atoms with Crippen LogP contribution in [0.5, 0.6) is 5.75 Å². The minimum absolute atomic E-state index is 0.350. The van der Waals surface area contributed by atoms with E-state index in [0.29, 0.717) is 5.75 Å². The molecule has 0 aliphatic heterocycles. The standard InChI is InChI=1S/C33H42N4O/c1-8-35(9-2)28-17-13-25(14-18-28)30-31(26-15-19-29(20-16-26)36(10-3)11-4)37(12-5)33(34-30)27-21-23(6)32(38)24(7)22-27/h13-22,38H,8-12H2,1-7H3. The predicted octanol–water partition coefficient (Wildman–Crippen LogP) is 7.92.